The highest BCUT2D eigenvalue weighted by Crippen LogP contribution is 2.18. The third-order valence-electron chi connectivity index (χ3n) is 2.72. The molecule has 1 atom stereocenters. The Labute approximate surface area is 107 Å². The number of carbonyl (C=O) groups is 1. The van der Waals surface area contributed by atoms with E-state index in [9.17, 15) is 4.79 Å². The third-order valence-corrected chi connectivity index (χ3v) is 3.95. The summed E-state index contributed by atoms with van der Waals surface area (Å²) < 4.78 is 0. The van der Waals surface area contributed by atoms with Gasteiger partial charge in [-0.15, -0.1) is 0 Å². The Balaban J connectivity index is 2.58. The second kappa shape index (κ2) is 6.82. The van der Waals surface area contributed by atoms with Gasteiger partial charge in [0.2, 0.25) is 0 Å². The summed E-state index contributed by atoms with van der Waals surface area (Å²) in [5, 5.41) is 9.12. The van der Waals surface area contributed by atoms with Crippen molar-refractivity contribution >= 4 is 17.5 Å². The monoisotopic (exact) mass is 252 g/mol. The maximum absolute atomic E-state index is 12.0. The molecule has 0 saturated carbocycles. The summed E-state index contributed by atoms with van der Waals surface area (Å²) in [5.41, 5.74) is 3.05. The number of aliphatic hydroxyl groups excluding tert-OH is 1. The first-order valence-corrected chi connectivity index (χ1v) is 6.92. The molecule has 0 fully saturated rings. The van der Waals surface area contributed by atoms with Gasteiger partial charge in [-0.25, -0.2) is 0 Å². The van der Waals surface area contributed by atoms with E-state index in [-0.39, 0.29) is 12.4 Å². The predicted octanol–water partition coefficient (Wildman–Crippen LogP) is 2.99. The molecule has 1 aromatic rings. The van der Waals surface area contributed by atoms with Gasteiger partial charge >= 0.3 is 0 Å². The Morgan fingerprint density at radius 2 is 2.12 bits per heavy atom. The normalized spacial score (nSPS) is 12.5. The fourth-order valence-electron chi connectivity index (χ4n) is 1.69. The smallest absolute Gasteiger partial charge is 0.172 e. The van der Waals surface area contributed by atoms with Crippen molar-refractivity contribution in [2.45, 2.75) is 32.4 Å². The molecule has 0 spiro atoms. The molecule has 0 aliphatic carbocycles. The Hall–Kier alpha value is -0.800. The molecule has 94 valence electrons. The fourth-order valence-corrected chi connectivity index (χ4v) is 2.55. The van der Waals surface area contributed by atoms with Crippen LogP contribution in [-0.2, 0) is 0 Å². The molecule has 0 radical (unpaired) electrons. The van der Waals surface area contributed by atoms with E-state index in [1.165, 1.54) is 5.56 Å². The molecule has 0 bridgehead atoms. The van der Waals surface area contributed by atoms with Crippen LogP contribution in [0, 0.1) is 13.8 Å². The lowest BCUT2D eigenvalue weighted by atomic mass is 10.0. The van der Waals surface area contributed by atoms with Gasteiger partial charge in [0.05, 0.1) is 5.75 Å². The van der Waals surface area contributed by atoms with E-state index in [1.54, 1.807) is 11.8 Å². The molecule has 0 heterocycles. The van der Waals surface area contributed by atoms with Crippen molar-refractivity contribution in [3.8, 4) is 0 Å². The Morgan fingerprint density at radius 3 is 2.71 bits per heavy atom. The maximum atomic E-state index is 12.0. The number of aliphatic hydroxyl groups is 1. The Bertz CT molecular complexity index is 388. The highest BCUT2D eigenvalue weighted by atomic mass is 32.2. The second-order valence-corrected chi connectivity index (χ2v) is 5.80. The number of hydrogen-bond acceptors (Lipinski definition) is 3. The minimum absolute atomic E-state index is 0.178. The molecule has 3 heteroatoms. The average molecular weight is 252 g/mol. The van der Waals surface area contributed by atoms with Crippen LogP contribution < -0.4 is 0 Å². The lowest BCUT2D eigenvalue weighted by Gasteiger charge is -2.10. The number of rotatable bonds is 6. The van der Waals surface area contributed by atoms with Crippen LogP contribution in [0.4, 0.5) is 0 Å². The largest absolute Gasteiger partial charge is 0.396 e. The molecular weight excluding hydrogens is 232 g/mol. The fraction of sp³-hybridized carbons (Fsp3) is 0.500. The SMILES string of the molecule is Cc1ccc(C(=O)CSC(C)CCO)c(C)c1. The summed E-state index contributed by atoms with van der Waals surface area (Å²) in [7, 11) is 0. The van der Waals surface area contributed by atoms with E-state index < -0.39 is 0 Å². The van der Waals surface area contributed by atoms with Crippen molar-refractivity contribution in [3.05, 3.63) is 34.9 Å². The lowest BCUT2D eigenvalue weighted by molar-refractivity contribution is 0.102. The third kappa shape index (κ3) is 4.52. The maximum Gasteiger partial charge on any atom is 0.172 e. The predicted molar refractivity (Wildman–Crippen MR) is 73.9 cm³/mol. The van der Waals surface area contributed by atoms with Crippen LogP contribution in [-0.4, -0.2) is 28.5 Å². The van der Waals surface area contributed by atoms with Crippen molar-refractivity contribution in [2.75, 3.05) is 12.4 Å². The minimum Gasteiger partial charge on any atom is -0.396 e. The Kier molecular flexibility index (Phi) is 5.72. The number of Topliss-reactive ketones (excluding diaryl/α,β-unsaturated/α-hetero) is 1. The molecule has 1 rings (SSSR count). The minimum atomic E-state index is 0.178. The zero-order valence-electron chi connectivity index (χ0n) is 10.7. The average Bonchev–Trinajstić information content (AvgIpc) is 2.26. The summed E-state index contributed by atoms with van der Waals surface area (Å²) in [4.78, 5) is 12.0. The van der Waals surface area contributed by atoms with E-state index in [1.807, 2.05) is 39.0 Å². The van der Waals surface area contributed by atoms with E-state index in [0.717, 1.165) is 17.5 Å². The van der Waals surface area contributed by atoms with Gasteiger partial charge in [-0.3, -0.25) is 4.79 Å². The standard InChI is InChI=1S/C14H20O2S/c1-10-4-5-13(11(2)8-10)14(16)9-17-12(3)6-7-15/h4-5,8,12,15H,6-7,9H2,1-3H3. The summed E-state index contributed by atoms with van der Waals surface area (Å²) >= 11 is 1.61. The molecule has 0 saturated heterocycles. The topological polar surface area (TPSA) is 37.3 Å². The van der Waals surface area contributed by atoms with E-state index >= 15 is 0 Å². The molecular formula is C14H20O2S. The summed E-state index contributed by atoms with van der Waals surface area (Å²) in [5.74, 6) is 0.669. The van der Waals surface area contributed by atoms with Crippen molar-refractivity contribution in [3.63, 3.8) is 0 Å². The molecule has 17 heavy (non-hydrogen) atoms. The molecule has 0 amide bonds. The van der Waals surface area contributed by atoms with Crippen LogP contribution in [0.2, 0.25) is 0 Å². The van der Waals surface area contributed by atoms with Crippen LogP contribution in [0.5, 0.6) is 0 Å². The molecule has 1 aromatic carbocycles. The first-order valence-electron chi connectivity index (χ1n) is 5.87. The number of hydrogen-bond donors (Lipinski definition) is 1. The first kappa shape index (κ1) is 14.3. The quantitative estimate of drug-likeness (QED) is 0.791. The first-order chi connectivity index (χ1) is 8.04. The number of thioether (sulfide) groups is 1. The van der Waals surface area contributed by atoms with Crippen LogP contribution in [0.25, 0.3) is 0 Å². The highest BCUT2D eigenvalue weighted by Gasteiger charge is 2.11. The highest BCUT2D eigenvalue weighted by molar-refractivity contribution is 8.00. The molecule has 1 unspecified atom stereocenters. The van der Waals surface area contributed by atoms with Gasteiger partial charge in [0.25, 0.3) is 0 Å². The van der Waals surface area contributed by atoms with E-state index in [4.69, 9.17) is 5.11 Å². The van der Waals surface area contributed by atoms with Gasteiger partial charge in [-0.2, -0.15) is 11.8 Å². The zero-order valence-corrected chi connectivity index (χ0v) is 11.5. The lowest BCUT2D eigenvalue weighted by Crippen LogP contribution is -2.09. The van der Waals surface area contributed by atoms with Crippen molar-refractivity contribution in [2.24, 2.45) is 0 Å². The molecule has 1 N–H and O–H groups in total. The Morgan fingerprint density at radius 1 is 1.41 bits per heavy atom. The van der Waals surface area contributed by atoms with Crippen LogP contribution in [0.3, 0.4) is 0 Å². The molecule has 0 aromatic heterocycles. The van der Waals surface area contributed by atoms with Crippen LogP contribution in [0.1, 0.15) is 34.8 Å². The van der Waals surface area contributed by atoms with Crippen LogP contribution >= 0.6 is 11.8 Å². The number of aryl methyl sites for hydroxylation is 2. The molecule has 2 nitrogen and oxygen atoms in total. The zero-order chi connectivity index (χ0) is 12.8. The van der Waals surface area contributed by atoms with Gasteiger partial charge < -0.3 is 5.11 Å². The van der Waals surface area contributed by atoms with E-state index in [2.05, 4.69) is 0 Å². The van der Waals surface area contributed by atoms with Gasteiger partial charge in [-0.05, 0) is 25.8 Å². The summed E-state index contributed by atoms with van der Waals surface area (Å²) in [6.07, 6.45) is 0.741. The van der Waals surface area contributed by atoms with Crippen molar-refractivity contribution in [1.82, 2.24) is 0 Å². The summed E-state index contributed by atoms with van der Waals surface area (Å²) in [6.45, 7) is 6.23. The van der Waals surface area contributed by atoms with Crippen LogP contribution in [0.15, 0.2) is 18.2 Å². The van der Waals surface area contributed by atoms with Gasteiger partial charge in [0, 0.05) is 17.4 Å². The van der Waals surface area contributed by atoms with Gasteiger partial charge in [-0.1, -0.05) is 30.7 Å². The number of carbonyl (C=O) groups excluding carboxylic acids is 1. The molecule has 0 aliphatic heterocycles. The van der Waals surface area contributed by atoms with Gasteiger partial charge in [0.15, 0.2) is 5.78 Å². The van der Waals surface area contributed by atoms with E-state index in [0.29, 0.717) is 11.0 Å². The second-order valence-electron chi connectivity index (χ2n) is 4.38. The summed E-state index contributed by atoms with van der Waals surface area (Å²) in [6, 6.07) is 5.92. The van der Waals surface area contributed by atoms with Crippen molar-refractivity contribution < 1.29 is 9.90 Å². The van der Waals surface area contributed by atoms with Gasteiger partial charge in [0.1, 0.15) is 0 Å². The number of ketones is 1. The van der Waals surface area contributed by atoms with Crippen molar-refractivity contribution in [1.29, 1.82) is 0 Å². The molecule has 0 aliphatic rings. The number of benzene rings is 1.